The van der Waals surface area contributed by atoms with Crippen molar-refractivity contribution >= 4 is 11.5 Å². The Labute approximate surface area is 97.3 Å². The van der Waals surface area contributed by atoms with Crippen molar-refractivity contribution in [1.82, 2.24) is 4.98 Å². The van der Waals surface area contributed by atoms with Crippen LogP contribution in [0.5, 0.6) is 0 Å². The first-order valence-electron chi connectivity index (χ1n) is 5.43. The normalized spacial score (nSPS) is 11.3. The Morgan fingerprint density at radius 3 is 2.50 bits per heavy atom. The lowest BCUT2D eigenvalue weighted by molar-refractivity contribution is 0.171. The molecule has 0 aliphatic carbocycles. The second kappa shape index (κ2) is 5.16. The number of hydrogen-bond acceptors (Lipinski definition) is 4. The summed E-state index contributed by atoms with van der Waals surface area (Å²) in [6.45, 7) is 4.93. The lowest BCUT2D eigenvalue weighted by Crippen LogP contribution is -2.26. The third-order valence-corrected chi connectivity index (χ3v) is 2.41. The molecule has 4 nitrogen and oxygen atoms in total. The highest BCUT2D eigenvalue weighted by Gasteiger charge is 2.15. The topological polar surface area (TPSA) is 48.4 Å². The van der Waals surface area contributed by atoms with E-state index in [9.17, 15) is 0 Å². The van der Waals surface area contributed by atoms with Crippen molar-refractivity contribution in [1.29, 1.82) is 0 Å². The van der Waals surface area contributed by atoms with Gasteiger partial charge < -0.3 is 15.3 Å². The van der Waals surface area contributed by atoms with Crippen molar-refractivity contribution in [2.24, 2.45) is 5.41 Å². The second-order valence-corrected chi connectivity index (χ2v) is 4.98. The van der Waals surface area contributed by atoms with Crippen LogP contribution in [-0.4, -0.2) is 37.3 Å². The Hall–Kier alpha value is -1.29. The maximum absolute atomic E-state index is 9.13. The van der Waals surface area contributed by atoms with Crippen LogP contribution in [0, 0.1) is 5.41 Å². The van der Waals surface area contributed by atoms with Crippen LogP contribution in [0.1, 0.15) is 13.8 Å². The van der Waals surface area contributed by atoms with Crippen molar-refractivity contribution < 1.29 is 5.11 Å². The number of anilines is 2. The highest BCUT2D eigenvalue weighted by molar-refractivity contribution is 5.47. The van der Waals surface area contributed by atoms with Gasteiger partial charge in [-0.15, -0.1) is 0 Å². The molecule has 1 rings (SSSR count). The molecule has 2 N–H and O–H groups in total. The SMILES string of the molecule is CN(C)c1ccc(NCC(C)(C)CO)cn1. The Bertz CT molecular complexity index is 320. The smallest absolute Gasteiger partial charge is 0.128 e. The van der Waals surface area contributed by atoms with Crippen LogP contribution >= 0.6 is 0 Å². The number of aliphatic hydroxyl groups is 1. The summed E-state index contributed by atoms with van der Waals surface area (Å²) >= 11 is 0. The summed E-state index contributed by atoms with van der Waals surface area (Å²) in [4.78, 5) is 6.27. The van der Waals surface area contributed by atoms with Crippen molar-refractivity contribution in [3.8, 4) is 0 Å². The van der Waals surface area contributed by atoms with Crippen LogP contribution < -0.4 is 10.2 Å². The molecule has 0 aromatic carbocycles. The van der Waals surface area contributed by atoms with Crippen molar-refractivity contribution in [3.05, 3.63) is 18.3 Å². The maximum Gasteiger partial charge on any atom is 0.128 e. The van der Waals surface area contributed by atoms with E-state index in [0.29, 0.717) is 0 Å². The van der Waals surface area contributed by atoms with E-state index in [4.69, 9.17) is 5.11 Å². The van der Waals surface area contributed by atoms with Gasteiger partial charge in [-0.05, 0) is 12.1 Å². The highest BCUT2D eigenvalue weighted by atomic mass is 16.3. The van der Waals surface area contributed by atoms with Gasteiger partial charge in [-0.2, -0.15) is 0 Å². The first-order chi connectivity index (χ1) is 7.44. The molecule has 1 aromatic rings. The molecule has 1 heterocycles. The summed E-state index contributed by atoms with van der Waals surface area (Å²) in [6.07, 6.45) is 1.81. The lowest BCUT2D eigenvalue weighted by Gasteiger charge is -2.22. The molecule has 1 aromatic heterocycles. The van der Waals surface area contributed by atoms with Gasteiger partial charge in [-0.1, -0.05) is 13.8 Å². The lowest BCUT2D eigenvalue weighted by atomic mass is 9.95. The Balaban J connectivity index is 2.56. The monoisotopic (exact) mass is 223 g/mol. The standard InChI is InChI=1S/C12H21N3O/c1-12(2,9-16)8-14-10-5-6-11(13-7-10)15(3)4/h5-7,14,16H,8-9H2,1-4H3. The summed E-state index contributed by atoms with van der Waals surface area (Å²) < 4.78 is 0. The van der Waals surface area contributed by atoms with Gasteiger partial charge in [0.15, 0.2) is 0 Å². The molecule has 4 heteroatoms. The number of pyridine rings is 1. The van der Waals surface area contributed by atoms with E-state index in [0.717, 1.165) is 18.1 Å². The largest absolute Gasteiger partial charge is 0.396 e. The first-order valence-corrected chi connectivity index (χ1v) is 5.43. The fraction of sp³-hybridized carbons (Fsp3) is 0.583. The molecule has 0 amide bonds. The van der Waals surface area contributed by atoms with E-state index >= 15 is 0 Å². The number of hydrogen-bond donors (Lipinski definition) is 2. The Kier molecular flexibility index (Phi) is 4.12. The van der Waals surface area contributed by atoms with Crippen LogP contribution in [0.25, 0.3) is 0 Å². The number of rotatable bonds is 5. The van der Waals surface area contributed by atoms with E-state index in [1.54, 1.807) is 0 Å². The zero-order chi connectivity index (χ0) is 12.2. The van der Waals surface area contributed by atoms with Crippen molar-refractivity contribution in [2.45, 2.75) is 13.8 Å². The van der Waals surface area contributed by atoms with Crippen LogP contribution in [0.4, 0.5) is 11.5 Å². The van der Waals surface area contributed by atoms with Crippen LogP contribution in [0.15, 0.2) is 18.3 Å². The van der Waals surface area contributed by atoms with E-state index < -0.39 is 0 Å². The molecule has 0 radical (unpaired) electrons. The molecule has 90 valence electrons. The summed E-state index contributed by atoms with van der Waals surface area (Å²) in [5, 5.41) is 12.4. The van der Waals surface area contributed by atoms with E-state index in [2.05, 4.69) is 10.3 Å². The fourth-order valence-corrected chi connectivity index (χ4v) is 1.15. The molecule has 0 spiro atoms. The zero-order valence-corrected chi connectivity index (χ0v) is 10.5. The summed E-state index contributed by atoms with van der Waals surface area (Å²) in [6, 6.07) is 3.96. The first kappa shape index (κ1) is 12.8. The molecule has 0 aliphatic rings. The highest BCUT2D eigenvalue weighted by Crippen LogP contribution is 2.16. The maximum atomic E-state index is 9.13. The number of nitrogens with zero attached hydrogens (tertiary/aromatic N) is 2. The van der Waals surface area contributed by atoms with Crippen molar-refractivity contribution in [3.63, 3.8) is 0 Å². The quantitative estimate of drug-likeness (QED) is 0.795. The molecule has 0 fully saturated rings. The molecule has 0 saturated heterocycles. The van der Waals surface area contributed by atoms with Crippen LogP contribution in [0.2, 0.25) is 0 Å². The minimum atomic E-state index is -0.111. The Morgan fingerprint density at radius 1 is 1.38 bits per heavy atom. The molecule has 0 atom stereocenters. The van der Waals surface area contributed by atoms with Crippen molar-refractivity contribution in [2.75, 3.05) is 37.5 Å². The predicted octanol–water partition coefficient (Wildman–Crippen LogP) is 1.58. The molecule has 0 unspecified atom stereocenters. The summed E-state index contributed by atoms with van der Waals surface area (Å²) in [7, 11) is 3.93. The number of aliphatic hydroxyl groups excluding tert-OH is 1. The molecular weight excluding hydrogens is 202 g/mol. The molecule has 16 heavy (non-hydrogen) atoms. The summed E-state index contributed by atoms with van der Waals surface area (Å²) in [5.41, 5.74) is 0.868. The van der Waals surface area contributed by atoms with Gasteiger partial charge in [0.2, 0.25) is 0 Å². The molecule has 0 saturated carbocycles. The van der Waals surface area contributed by atoms with E-state index in [-0.39, 0.29) is 12.0 Å². The zero-order valence-electron chi connectivity index (χ0n) is 10.5. The van der Waals surface area contributed by atoms with E-state index in [1.807, 2.05) is 51.2 Å². The van der Waals surface area contributed by atoms with E-state index in [1.165, 1.54) is 0 Å². The van der Waals surface area contributed by atoms with Gasteiger partial charge in [0.1, 0.15) is 5.82 Å². The molecule has 0 aliphatic heterocycles. The fourth-order valence-electron chi connectivity index (χ4n) is 1.15. The molecule has 0 bridgehead atoms. The average molecular weight is 223 g/mol. The van der Waals surface area contributed by atoms with Crippen LogP contribution in [-0.2, 0) is 0 Å². The van der Waals surface area contributed by atoms with Gasteiger partial charge in [0, 0.05) is 32.7 Å². The molecular formula is C12H21N3O. The van der Waals surface area contributed by atoms with Gasteiger partial charge in [0.25, 0.3) is 0 Å². The van der Waals surface area contributed by atoms with Gasteiger partial charge in [-0.25, -0.2) is 4.98 Å². The van der Waals surface area contributed by atoms with Gasteiger partial charge >= 0.3 is 0 Å². The second-order valence-electron chi connectivity index (χ2n) is 4.98. The third-order valence-electron chi connectivity index (χ3n) is 2.41. The van der Waals surface area contributed by atoms with Gasteiger partial charge in [-0.3, -0.25) is 0 Å². The minimum Gasteiger partial charge on any atom is -0.396 e. The summed E-state index contributed by atoms with van der Waals surface area (Å²) in [5.74, 6) is 0.937. The van der Waals surface area contributed by atoms with Gasteiger partial charge in [0.05, 0.1) is 11.9 Å². The predicted molar refractivity (Wildman–Crippen MR) is 67.9 cm³/mol. The number of nitrogens with one attached hydrogen (secondary N) is 1. The minimum absolute atomic E-state index is 0.111. The Morgan fingerprint density at radius 2 is 2.06 bits per heavy atom. The number of aromatic nitrogens is 1. The third kappa shape index (κ3) is 3.70. The van der Waals surface area contributed by atoms with Crippen LogP contribution in [0.3, 0.4) is 0 Å². The average Bonchev–Trinajstić information content (AvgIpc) is 2.27.